The third kappa shape index (κ3) is 6.26. The third-order valence-electron chi connectivity index (χ3n) is 8.36. The lowest BCUT2D eigenvalue weighted by atomic mass is 10.00. The molecule has 2 N–H and O–H groups in total. The number of rotatable bonds is 13. The standard InChI is InChI=1S/C34H36F2N4O5/c1-5-39(6-2)15-16-44-31-19-27-25(18-30(31)43-4)28(13-14-38-27)45-29-12-11-24(17-26(29)36)40(23-9-7-22(35)8-10-23)33(42)34(32(37)41)20-21(34)3/h7-14,17-19,21H,5-6,15-16,20H2,1-4H3,(H2,37,41)/t21-,34-/m1/s1. The first-order chi connectivity index (χ1) is 21.6. The number of fused-ring (bicyclic) bond motifs is 1. The van der Waals surface area contributed by atoms with Gasteiger partial charge in [0, 0.05) is 35.9 Å². The van der Waals surface area contributed by atoms with E-state index in [1.807, 2.05) is 0 Å². The summed E-state index contributed by atoms with van der Waals surface area (Å²) in [7, 11) is 1.53. The number of primary amides is 1. The van der Waals surface area contributed by atoms with E-state index in [2.05, 4.69) is 23.7 Å². The Labute approximate surface area is 260 Å². The number of nitrogens with two attached hydrogens (primary N) is 1. The maximum Gasteiger partial charge on any atom is 0.247 e. The van der Waals surface area contributed by atoms with Gasteiger partial charge in [0.05, 0.1) is 18.3 Å². The van der Waals surface area contributed by atoms with Crippen molar-refractivity contribution in [1.82, 2.24) is 9.88 Å². The molecule has 4 aromatic rings. The van der Waals surface area contributed by atoms with Crippen molar-refractivity contribution in [2.75, 3.05) is 38.3 Å². The molecular weight excluding hydrogens is 582 g/mol. The van der Waals surface area contributed by atoms with Gasteiger partial charge in [-0.05, 0) is 74.0 Å². The van der Waals surface area contributed by atoms with E-state index < -0.39 is 28.9 Å². The summed E-state index contributed by atoms with van der Waals surface area (Å²) in [6, 6.07) is 14.2. The van der Waals surface area contributed by atoms with Crippen molar-refractivity contribution in [3.8, 4) is 23.0 Å². The molecular formula is C34H36F2N4O5. The Bertz CT molecular complexity index is 1710. The van der Waals surface area contributed by atoms with Gasteiger partial charge in [0.15, 0.2) is 23.1 Å². The Morgan fingerprint density at radius 2 is 1.64 bits per heavy atom. The first-order valence-corrected chi connectivity index (χ1v) is 14.8. The van der Waals surface area contributed by atoms with E-state index in [4.69, 9.17) is 19.9 Å². The van der Waals surface area contributed by atoms with Crippen LogP contribution in [0, 0.1) is 23.0 Å². The number of amides is 2. The Morgan fingerprint density at radius 1 is 0.956 bits per heavy atom. The van der Waals surface area contributed by atoms with E-state index in [0.717, 1.165) is 25.7 Å². The average molecular weight is 619 g/mol. The van der Waals surface area contributed by atoms with Crippen LogP contribution in [0.15, 0.2) is 66.9 Å². The van der Waals surface area contributed by atoms with Crippen LogP contribution in [0.2, 0.25) is 0 Å². The van der Waals surface area contributed by atoms with Crippen LogP contribution in [0.4, 0.5) is 20.2 Å². The second kappa shape index (κ2) is 13.1. The predicted molar refractivity (Wildman–Crippen MR) is 167 cm³/mol. The number of halogens is 2. The van der Waals surface area contributed by atoms with Crippen LogP contribution >= 0.6 is 0 Å². The predicted octanol–water partition coefficient (Wildman–Crippen LogP) is 6.21. The highest BCUT2D eigenvalue weighted by molar-refractivity contribution is 6.17. The van der Waals surface area contributed by atoms with E-state index in [9.17, 15) is 14.0 Å². The number of aromatic nitrogens is 1. The van der Waals surface area contributed by atoms with Crippen molar-refractivity contribution >= 4 is 34.1 Å². The highest BCUT2D eigenvalue weighted by Gasteiger charge is 2.64. The van der Waals surface area contributed by atoms with E-state index in [1.54, 1.807) is 31.3 Å². The molecule has 1 aliphatic carbocycles. The molecule has 3 aromatic carbocycles. The largest absolute Gasteiger partial charge is 0.493 e. The van der Waals surface area contributed by atoms with Gasteiger partial charge in [0.25, 0.3) is 0 Å². The molecule has 1 aliphatic rings. The Balaban J connectivity index is 1.44. The lowest BCUT2D eigenvalue weighted by Crippen LogP contribution is -2.42. The number of methoxy groups -OCH3 is 1. The number of ether oxygens (including phenoxy) is 3. The quantitative estimate of drug-likeness (QED) is 0.178. The van der Waals surface area contributed by atoms with Gasteiger partial charge in [-0.2, -0.15) is 0 Å². The van der Waals surface area contributed by atoms with Gasteiger partial charge < -0.3 is 24.8 Å². The van der Waals surface area contributed by atoms with Gasteiger partial charge >= 0.3 is 0 Å². The topological polar surface area (TPSA) is 107 Å². The number of nitrogens with zero attached hydrogens (tertiary/aromatic N) is 3. The lowest BCUT2D eigenvalue weighted by molar-refractivity contribution is -0.134. The van der Waals surface area contributed by atoms with Gasteiger partial charge in [-0.1, -0.05) is 20.8 Å². The summed E-state index contributed by atoms with van der Waals surface area (Å²) in [6.45, 7) is 9.00. The molecule has 1 aromatic heterocycles. The highest BCUT2D eigenvalue weighted by atomic mass is 19.1. The molecule has 1 fully saturated rings. The Kier molecular flexibility index (Phi) is 9.19. The van der Waals surface area contributed by atoms with Crippen molar-refractivity contribution in [1.29, 1.82) is 0 Å². The number of likely N-dealkylation sites (N-methyl/N-ethyl adjacent to an activating group) is 1. The van der Waals surface area contributed by atoms with Crippen LogP contribution in [0.25, 0.3) is 10.9 Å². The maximum atomic E-state index is 15.7. The van der Waals surface area contributed by atoms with Gasteiger partial charge in [-0.15, -0.1) is 0 Å². The fraction of sp³-hybridized carbons (Fsp3) is 0.324. The SMILES string of the molecule is CCN(CC)CCOc1cc2nccc(Oc3ccc(N(C(=O)[C@]4(C(N)=O)C[C@H]4C)c4ccc(F)cc4)cc3F)c2cc1OC. The fourth-order valence-electron chi connectivity index (χ4n) is 5.49. The third-order valence-corrected chi connectivity index (χ3v) is 8.36. The van der Waals surface area contributed by atoms with Crippen LogP contribution in [0.3, 0.4) is 0 Å². The minimum atomic E-state index is -1.43. The molecule has 0 aliphatic heterocycles. The maximum absolute atomic E-state index is 15.7. The smallest absolute Gasteiger partial charge is 0.247 e. The molecule has 0 saturated heterocycles. The number of hydrogen-bond acceptors (Lipinski definition) is 7. The molecule has 1 saturated carbocycles. The molecule has 45 heavy (non-hydrogen) atoms. The first-order valence-electron chi connectivity index (χ1n) is 14.8. The van der Waals surface area contributed by atoms with Gasteiger partial charge in [0.2, 0.25) is 11.8 Å². The summed E-state index contributed by atoms with van der Waals surface area (Å²) in [5.41, 5.74) is 5.16. The van der Waals surface area contributed by atoms with Crippen molar-refractivity contribution in [3.05, 3.63) is 78.5 Å². The molecule has 0 spiro atoms. The van der Waals surface area contributed by atoms with E-state index in [-0.39, 0.29) is 29.5 Å². The van der Waals surface area contributed by atoms with Crippen molar-refractivity contribution in [2.45, 2.75) is 27.2 Å². The molecule has 236 valence electrons. The number of hydrogen-bond donors (Lipinski definition) is 1. The molecule has 0 unspecified atom stereocenters. The van der Waals surface area contributed by atoms with Crippen molar-refractivity contribution < 1.29 is 32.6 Å². The number of benzene rings is 3. The molecule has 5 rings (SSSR count). The van der Waals surface area contributed by atoms with E-state index >= 15 is 4.39 Å². The average Bonchev–Trinajstić information content (AvgIpc) is 3.73. The minimum absolute atomic E-state index is 0.110. The van der Waals surface area contributed by atoms with Crippen LogP contribution in [0.1, 0.15) is 27.2 Å². The van der Waals surface area contributed by atoms with Crippen molar-refractivity contribution in [2.24, 2.45) is 17.1 Å². The second-order valence-corrected chi connectivity index (χ2v) is 11.0. The van der Waals surface area contributed by atoms with Crippen LogP contribution in [0.5, 0.6) is 23.0 Å². The molecule has 2 atom stereocenters. The minimum Gasteiger partial charge on any atom is -0.493 e. The van der Waals surface area contributed by atoms with Gasteiger partial charge in [-0.3, -0.25) is 19.5 Å². The number of carbonyl (C=O) groups excluding carboxylic acids is 2. The van der Waals surface area contributed by atoms with Crippen LogP contribution in [-0.2, 0) is 9.59 Å². The van der Waals surface area contributed by atoms with Gasteiger partial charge in [0.1, 0.15) is 23.6 Å². The van der Waals surface area contributed by atoms with Gasteiger partial charge in [-0.25, -0.2) is 8.78 Å². The molecule has 11 heteroatoms. The summed E-state index contributed by atoms with van der Waals surface area (Å²) in [5, 5.41) is 0.572. The molecule has 2 amide bonds. The second-order valence-electron chi connectivity index (χ2n) is 11.0. The number of carbonyl (C=O) groups is 2. The number of pyridine rings is 1. The van der Waals surface area contributed by atoms with Crippen molar-refractivity contribution in [3.63, 3.8) is 0 Å². The molecule has 0 radical (unpaired) electrons. The zero-order chi connectivity index (χ0) is 32.3. The Morgan fingerprint density at radius 3 is 2.24 bits per heavy atom. The highest BCUT2D eigenvalue weighted by Crippen LogP contribution is 2.54. The van der Waals surface area contributed by atoms with Crippen LogP contribution < -0.4 is 24.8 Å². The molecule has 0 bridgehead atoms. The molecule has 9 nitrogen and oxygen atoms in total. The Hall–Kier alpha value is -4.77. The first kappa shape index (κ1) is 31.6. The summed E-state index contributed by atoms with van der Waals surface area (Å²) in [6.07, 6.45) is 1.81. The monoisotopic (exact) mass is 618 g/mol. The zero-order valence-corrected chi connectivity index (χ0v) is 25.7. The fourth-order valence-corrected chi connectivity index (χ4v) is 5.49. The van der Waals surface area contributed by atoms with E-state index in [1.165, 1.54) is 48.4 Å². The summed E-state index contributed by atoms with van der Waals surface area (Å²) in [5.74, 6) is -1.71. The van der Waals surface area contributed by atoms with Crippen LogP contribution in [-0.4, -0.2) is 55.0 Å². The molecule has 1 heterocycles. The summed E-state index contributed by atoms with van der Waals surface area (Å²) >= 11 is 0. The summed E-state index contributed by atoms with van der Waals surface area (Å²) < 4.78 is 47.0. The lowest BCUT2D eigenvalue weighted by Gasteiger charge is -2.27. The number of anilines is 2. The summed E-state index contributed by atoms with van der Waals surface area (Å²) in [4.78, 5) is 34.0. The van der Waals surface area contributed by atoms with E-state index in [0.29, 0.717) is 34.8 Å². The zero-order valence-electron chi connectivity index (χ0n) is 25.7. The normalized spacial score (nSPS) is 17.3.